The Hall–Kier alpha value is -2.38. The van der Waals surface area contributed by atoms with Gasteiger partial charge in [0, 0.05) is 24.7 Å². The first kappa shape index (κ1) is 18.4. The Labute approximate surface area is 153 Å². The van der Waals surface area contributed by atoms with E-state index < -0.39 is 10.0 Å². The third kappa shape index (κ3) is 3.59. The number of piperidine rings is 1. The summed E-state index contributed by atoms with van der Waals surface area (Å²) in [5.74, 6) is -0.598. The highest BCUT2D eigenvalue weighted by Crippen LogP contribution is 2.27. The molecule has 2 aromatic rings. The van der Waals surface area contributed by atoms with Gasteiger partial charge in [-0.15, -0.1) is 0 Å². The van der Waals surface area contributed by atoms with E-state index in [1.807, 2.05) is 25.1 Å². The molecule has 3 rings (SSSR count). The Bertz CT molecular complexity index is 916. The van der Waals surface area contributed by atoms with Crippen molar-refractivity contribution < 1.29 is 13.2 Å². The zero-order valence-electron chi connectivity index (χ0n) is 14.7. The number of aryl methyl sites for hydroxylation is 1. The van der Waals surface area contributed by atoms with E-state index in [1.54, 1.807) is 24.3 Å². The zero-order valence-corrected chi connectivity index (χ0v) is 15.5. The van der Waals surface area contributed by atoms with Gasteiger partial charge in [-0.2, -0.15) is 4.31 Å². The maximum Gasteiger partial charge on any atom is 0.243 e. The van der Waals surface area contributed by atoms with Crippen LogP contribution < -0.4 is 11.5 Å². The minimum absolute atomic E-state index is 0.240. The van der Waals surface area contributed by atoms with E-state index in [4.69, 9.17) is 11.5 Å². The Morgan fingerprint density at radius 2 is 1.62 bits per heavy atom. The fourth-order valence-corrected chi connectivity index (χ4v) is 4.64. The number of nitrogens with two attached hydrogens (primary N) is 2. The van der Waals surface area contributed by atoms with Crippen molar-refractivity contribution in [2.75, 3.05) is 18.8 Å². The molecule has 1 heterocycles. The second kappa shape index (κ2) is 7.09. The predicted molar refractivity (Wildman–Crippen MR) is 102 cm³/mol. The van der Waals surface area contributed by atoms with Gasteiger partial charge in [0.2, 0.25) is 15.9 Å². The lowest BCUT2D eigenvalue weighted by Gasteiger charge is -2.29. The van der Waals surface area contributed by atoms with Crippen LogP contribution in [-0.2, 0) is 14.8 Å². The molecule has 0 bridgehead atoms. The molecule has 0 radical (unpaired) electrons. The van der Waals surface area contributed by atoms with E-state index in [2.05, 4.69) is 0 Å². The monoisotopic (exact) mass is 373 g/mol. The minimum Gasteiger partial charge on any atom is -0.398 e. The molecule has 1 fully saturated rings. The van der Waals surface area contributed by atoms with Gasteiger partial charge in [0.15, 0.2) is 0 Å². The average molecular weight is 373 g/mol. The van der Waals surface area contributed by atoms with E-state index in [0.717, 1.165) is 16.7 Å². The van der Waals surface area contributed by atoms with Crippen LogP contribution in [0.3, 0.4) is 0 Å². The second-order valence-electron chi connectivity index (χ2n) is 6.68. The van der Waals surface area contributed by atoms with Gasteiger partial charge in [0.1, 0.15) is 0 Å². The Kier molecular flexibility index (Phi) is 5.02. The smallest absolute Gasteiger partial charge is 0.243 e. The molecule has 0 spiro atoms. The average Bonchev–Trinajstić information content (AvgIpc) is 2.64. The van der Waals surface area contributed by atoms with E-state index in [1.165, 1.54) is 4.31 Å². The number of benzene rings is 2. The number of carbonyl (C=O) groups excluding carboxylic acids is 1. The number of rotatable bonds is 4. The Balaban J connectivity index is 1.79. The molecule has 138 valence electrons. The van der Waals surface area contributed by atoms with Crippen molar-refractivity contribution in [3.8, 4) is 11.1 Å². The third-order valence-electron chi connectivity index (χ3n) is 4.96. The fourth-order valence-electron chi connectivity index (χ4n) is 3.17. The van der Waals surface area contributed by atoms with Gasteiger partial charge in [-0.25, -0.2) is 8.42 Å². The molecule has 7 heteroatoms. The molecule has 26 heavy (non-hydrogen) atoms. The largest absolute Gasteiger partial charge is 0.398 e. The molecule has 1 aliphatic heterocycles. The van der Waals surface area contributed by atoms with Crippen molar-refractivity contribution in [2.45, 2.75) is 24.7 Å². The standard InChI is InChI=1S/C19H23N3O3S/c1-13-2-3-16(12-18(13)20)14-4-6-17(7-5-14)26(24,25)22-10-8-15(9-11-22)19(21)23/h2-7,12,15H,8-11,20H2,1H3,(H2,21,23). The molecule has 1 amide bonds. The van der Waals surface area contributed by atoms with Crippen LogP contribution in [0.1, 0.15) is 18.4 Å². The lowest BCUT2D eigenvalue weighted by molar-refractivity contribution is -0.122. The van der Waals surface area contributed by atoms with Gasteiger partial charge in [0.25, 0.3) is 0 Å². The lowest BCUT2D eigenvalue weighted by atomic mass is 9.98. The number of carbonyl (C=O) groups is 1. The molecule has 1 aliphatic rings. The molecular weight excluding hydrogens is 350 g/mol. The first-order chi connectivity index (χ1) is 12.3. The first-order valence-corrected chi connectivity index (χ1v) is 9.99. The van der Waals surface area contributed by atoms with E-state index in [-0.39, 0.29) is 16.7 Å². The molecular formula is C19H23N3O3S. The molecule has 6 nitrogen and oxygen atoms in total. The van der Waals surface area contributed by atoms with Crippen molar-refractivity contribution in [2.24, 2.45) is 11.7 Å². The van der Waals surface area contributed by atoms with Gasteiger partial charge in [-0.05, 0) is 54.7 Å². The van der Waals surface area contributed by atoms with Crippen LogP contribution in [-0.4, -0.2) is 31.7 Å². The number of primary amides is 1. The predicted octanol–water partition coefficient (Wildman–Crippen LogP) is 2.13. The SMILES string of the molecule is Cc1ccc(-c2ccc(S(=O)(=O)N3CCC(C(N)=O)CC3)cc2)cc1N. The molecule has 2 aromatic carbocycles. The summed E-state index contributed by atoms with van der Waals surface area (Å²) in [6.07, 6.45) is 0.935. The summed E-state index contributed by atoms with van der Waals surface area (Å²) in [5.41, 5.74) is 14.8. The summed E-state index contributed by atoms with van der Waals surface area (Å²) < 4.78 is 27.0. The highest BCUT2D eigenvalue weighted by molar-refractivity contribution is 7.89. The minimum atomic E-state index is -3.57. The number of hydrogen-bond donors (Lipinski definition) is 2. The number of anilines is 1. The van der Waals surface area contributed by atoms with E-state index >= 15 is 0 Å². The van der Waals surface area contributed by atoms with Crippen LogP contribution >= 0.6 is 0 Å². The van der Waals surface area contributed by atoms with E-state index in [0.29, 0.717) is 31.6 Å². The number of nitrogens with zero attached hydrogens (tertiary/aromatic N) is 1. The topological polar surface area (TPSA) is 106 Å². The molecule has 0 saturated carbocycles. The molecule has 0 atom stereocenters. The number of amides is 1. The second-order valence-corrected chi connectivity index (χ2v) is 8.61. The molecule has 1 saturated heterocycles. The fraction of sp³-hybridized carbons (Fsp3) is 0.316. The quantitative estimate of drug-likeness (QED) is 0.801. The Morgan fingerprint density at radius 1 is 1.04 bits per heavy atom. The van der Waals surface area contributed by atoms with Crippen molar-refractivity contribution in [1.29, 1.82) is 0 Å². The summed E-state index contributed by atoms with van der Waals surface area (Å²) in [6, 6.07) is 12.6. The first-order valence-electron chi connectivity index (χ1n) is 8.55. The normalized spacial score (nSPS) is 16.5. The third-order valence-corrected chi connectivity index (χ3v) is 6.87. The highest BCUT2D eigenvalue weighted by atomic mass is 32.2. The van der Waals surface area contributed by atoms with Gasteiger partial charge < -0.3 is 11.5 Å². The summed E-state index contributed by atoms with van der Waals surface area (Å²) in [7, 11) is -3.57. The number of sulfonamides is 1. The molecule has 0 aliphatic carbocycles. The van der Waals surface area contributed by atoms with Crippen molar-refractivity contribution in [3.63, 3.8) is 0 Å². The summed E-state index contributed by atoms with van der Waals surface area (Å²) in [4.78, 5) is 11.5. The maximum absolute atomic E-state index is 12.8. The molecule has 4 N–H and O–H groups in total. The number of hydrogen-bond acceptors (Lipinski definition) is 4. The lowest BCUT2D eigenvalue weighted by Crippen LogP contribution is -2.41. The van der Waals surface area contributed by atoms with Gasteiger partial charge >= 0.3 is 0 Å². The van der Waals surface area contributed by atoms with Gasteiger partial charge in [-0.1, -0.05) is 24.3 Å². The van der Waals surface area contributed by atoms with Crippen LogP contribution in [0.25, 0.3) is 11.1 Å². The zero-order chi connectivity index (χ0) is 18.9. The van der Waals surface area contributed by atoms with Crippen molar-refractivity contribution in [3.05, 3.63) is 48.0 Å². The summed E-state index contributed by atoms with van der Waals surface area (Å²) in [6.45, 7) is 2.56. The van der Waals surface area contributed by atoms with Crippen molar-refractivity contribution >= 4 is 21.6 Å². The van der Waals surface area contributed by atoms with Gasteiger partial charge in [0.05, 0.1) is 4.90 Å². The highest BCUT2D eigenvalue weighted by Gasteiger charge is 2.31. The number of nitrogen functional groups attached to an aromatic ring is 1. The van der Waals surface area contributed by atoms with Crippen LogP contribution in [0, 0.1) is 12.8 Å². The molecule has 0 aromatic heterocycles. The summed E-state index contributed by atoms with van der Waals surface area (Å²) in [5, 5.41) is 0. The van der Waals surface area contributed by atoms with Crippen LogP contribution in [0.4, 0.5) is 5.69 Å². The maximum atomic E-state index is 12.8. The molecule has 0 unspecified atom stereocenters. The van der Waals surface area contributed by atoms with Crippen LogP contribution in [0.15, 0.2) is 47.4 Å². The summed E-state index contributed by atoms with van der Waals surface area (Å²) >= 11 is 0. The van der Waals surface area contributed by atoms with E-state index in [9.17, 15) is 13.2 Å². The van der Waals surface area contributed by atoms with Crippen molar-refractivity contribution in [1.82, 2.24) is 4.31 Å². The Morgan fingerprint density at radius 3 is 2.15 bits per heavy atom. The van der Waals surface area contributed by atoms with Crippen LogP contribution in [0.5, 0.6) is 0 Å². The van der Waals surface area contributed by atoms with Gasteiger partial charge in [-0.3, -0.25) is 4.79 Å². The van der Waals surface area contributed by atoms with Crippen LogP contribution in [0.2, 0.25) is 0 Å².